The van der Waals surface area contributed by atoms with Gasteiger partial charge in [-0.05, 0) is 11.8 Å². The van der Waals surface area contributed by atoms with Crippen LogP contribution in [0.5, 0.6) is 0 Å². The Kier molecular flexibility index (Phi) is 2.80. The fourth-order valence-corrected chi connectivity index (χ4v) is 2.32. The third-order valence-corrected chi connectivity index (χ3v) is 3.42. The Morgan fingerprint density at radius 3 is 3.00 bits per heavy atom. The van der Waals surface area contributed by atoms with Gasteiger partial charge in [-0.1, -0.05) is 22.9 Å². The highest BCUT2D eigenvalue weighted by Crippen LogP contribution is 2.32. The van der Waals surface area contributed by atoms with E-state index >= 15 is 0 Å². The predicted molar refractivity (Wildman–Crippen MR) is 55.5 cm³/mol. The summed E-state index contributed by atoms with van der Waals surface area (Å²) in [6.45, 7) is 0. The van der Waals surface area contributed by atoms with Crippen LogP contribution in [0.25, 0.3) is 0 Å². The molecule has 0 fully saturated rings. The molecule has 8 heteroatoms. The standard InChI is InChI=1S/C6H4ClN5S2/c7-4-3(8)5(10-1-9-4)14-6-12-11-2-13-6/h1-2H,8H2. The van der Waals surface area contributed by atoms with E-state index in [0.29, 0.717) is 10.7 Å². The molecule has 2 rings (SSSR count). The minimum Gasteiger partial charge on any atom is -0.394 e. The molecule has 0 spiro atoms. The number of halogens is 1. The molecule has 0 aliphatic carbocycles. The van der Waals surface area contributed by atoms with Crippen molar-refractivity contribution in [3.8, 4) is 0 Å². The van der Waals surface area contributed by atoms with Gasteiger partial charge in [0.2, 0.25) is 0 Å². The number of aromatic nitrogens is 4. The quantitative estimate of drug-likeness (QED) is 0.812. The zero-order valence-corrected chi connectivity index (χ0v) is 9.10. The van der Waals surface area contributed by atoms with Crippen LogP contribution >= 0.6 is 34.7 Å². The van der Waals surface area contributed by atoms with Crippen molar-refractivity contribution >= 4 is 40.4 Å². The molecule has 0 radical (unpaired) electrons. The Hall–Kier alpha value is -0.920. The lowest BCUT2D eigenvalue weighted by molar-refractivity contribution is 1.00. The van der Waals surface area contributed by atoms with Gasteiger partial charge in [0, 0.05) is 0 Å². The van der Waals surface area contributed by atoms with Gasteiger partial charge in [0.25, 0.3) is 0 Å². The van der Waals surface area contributed by atoms with E-state index in [0.717, 1.165) is 4.34 Å². The van der Waals surface area contributed by atoms with E-state index in [1.165, 1.54) is 29.4 Å². The molecule has 0 amide bonds. The lowest BCUT2D eigenvalue weighted by Gasteiger charge is -2.01. The fourth-order valence-electron chi connectivity index (χ4n) is 0.731. The Morgan fingerprint density at radius 1 is 1.43 bits per heavy atom. The van der Waals surface area contributed by atoms with Crippen molar-refractivity contribution in [1.82, 2.24) is 20.2 Å². The minimum atomic E-state index is 0.256. The molecule has 0 aromatic carbocycles. The maximum absolute atomic E-state index is 5.73. The van der Waals surface area contributed by atoms with Crippen LogP contribution in [0, 0.1) is 0 Å². The zero-order valence-electron chi connectivity index (χ0n) is 6.72. The monoisotopic (exact) mass is 245 g/mol. The summed E-state index contributed by atoms with van der Waals surface area (Å²) in [5.41, 5.74) is 7.69. The third-order valence-electron chi connectivity index (χ3n) is 1.32. The number of nitrogen functional groups attached to an aromatic ring is 1. The second kappa shape index (κ2) is 4.07. The van der Waals surface area contributed by atoms with E-state index in [4.69, 9.17) is 17.3 Å². The van der Waals surface area contributed by atoms with Crippen LogP contribution in [-0.4, -0.2) is 20.2 Å². The van der Waals surface area contributed by atoms with Gasteiger partial charge in [-0.25, -0.2) is 9.97 Å². The summed E-state index contributed by atoms with van der Waals surface area (Å²) < 4.78 is 0.770. The van der Waals surface area contributed by atoms with E-state index in [-0.39, 0.29) is 5.15 Å². The summed E-state index contributed by atoms with van der Waals surface area (Å²) in [5, 5.41) is 8.41. The lowest BCUT2D eigenvalue weighted by atomic mass is 10.6. The van der Waals surface area contributed by atoms with Gasteiger partial charge >= 0.3 is 0 Å². The van der Waals surface area contributed by atoms with E-state index in [9.17, 15) is 0 Å². The van der Waals surface area contributed by atoms with E-state index in [1.54, 1.807) is 5.51 Å². The highest BCUT2D eigenvalue weighted by Gasteiger charge is 2.09. The molecule has 0 unspecified atom stereocenters. The van der Waals surface area contributed by atoms with Crippen molar-refractivity contribution in [2.75, 3.05) is 5.73 Å². The number of hydrogen-bond acceptors (Lipinski definition) is 7. The lowest BCUT2D eigenvalue weighted by Crippen LogP contribution is -1.94. The van der Waals surface area contributed by atoms with Crippen molar-refractivity contribution in [1.29, 1.82) is 0 Å². The number of rotatable bonds is 2. The maximum Gasteiger partial charge on any atom is 0.180 e. The van der Waals surface area contributed by atoms with Gasteiger partial charge in [0.05, 0.1) is 0 Å². The maximum atomic E-state index is 5.73. The molecule has 2 aromatic heterocycles. The van der Waals surface area contributed by atoms with Gasteiger partial charge in [-0.2, -0.15) is 0 Å². The minimum absolute atomic E-state index is 0.256. The highest BCUT2D eigenvalue weighted by molar-refractivity contribution is 8.01. The van der Waals surface area contributed by atoms with Gasteiger partial charge in [-0.3, -0.25) is 0 Å². The molecule has 0 aliphatic heterocycles. The Labute approximate surface area is 92.7 Å². The summed E-state index contributed by atoms with van der Waals surface area (Å²) in [6.07, 6.45) is 1.36. The first-order chi connectivity index (χ1) is 6.77. The third kappa shape index (κ3) is 1.94. The number of nitrogens with zero attached hydrogens (tertiary/aromatic N) is 4. The second-order valence-electron chi connectivity index (χ2n) is 2.19. The smallest absolute Gasteiger partial charge is 0.180 e. The molecule has 0 saturated carbocycles. The van der Waals surface area contributed by atoms with Crippen molar-refractivity contribution in [2.24, 2.45) is 0 Å². The number of anilines is 1. The topological polar surface area (TPSA) is 77.6 Å². The van der Waals surface area contributed by atoms with E-state index < -0.39 is 0 Å². The summed E-state index contributed by atoms with van der Waals surface area (Å²) in [7, 11) is 0. The summed E-state index contributed by atoms with van der Waals surface area (Å²) in [6, 6.07) is 0. The molecular weight excluding hydrogens is 242 g/mol. The first-order valence-corrected chi connectivity index (χ1v) is 5.55. The largest absolute Gasteiger partial charge is 0.394 e. The number of hydrogen-bond donors (Lipinski definition) is 1. The molecule has 72 valence electrons. The second-order valence-corrected chi connectivity index (χ2v) is 4.62. The van der Waals surface area contributed by atoms with Gasteiger partial charge in [0.15, 0.2) is 9.49 Å². The zero-order chi connectivity index (χ0) is 9.97. The molecule has 0 saturated heterocycles. The average Bonchev–Trinajstić information content (AvgIpc) is 2.66. The molecule has 0 bridgehead atoms. The van der Waals surface area contributed by atoms with Gasteiger partial charge in [0.1, 0.15) is 22.6 Å². The Morgan fingerprint density at radius 2 is 2.29 bits per heavy atom. The van der Waals surface area contributed by atoms with Gasteiger partial charge < -0.3 is 5.73 Å². The Bertz CT molecular complexity index is 432. The first-order valence-electron chi connectivity index (χ1n) is 3.47. The van der Waals surface area contributed by atoms with Crippen LogP contribution in [-0.2, 0) is 0 Å². The van der Waals surface area contributed by atoms with Crippen molar-refractivity contribution in [3.05, 3.63) is 17.0 Å². The highest BCUT2D eigenvalue weighted by atomic mass is 35.5. The molecule has 0 aliphatic rings. The van der Waals surface area contributed by atoms with Crippen LogP contribution in [0.2, 0.25) is 5.15 Å². The van der Waals surface area contributed by atoms with Gasteiger partial charge in [-0.15, -0.1) is 10.2 Å². The van der Waals surface area contributed by atoms with Crippen LogP contribution in [0.1, 0.15) is 0 Å². The molecular formula is C6H4ClN5S2. The summed E-state index contributed by atoms with van der Waals surface area (Å²) in [4.78, 5) is 7.75. The van der Waals surface area contributed by atoms with Crippen molar-refractivity contribution in [3.63, 3.8) is 0 Å². The fraction of sp³-hybridized carbons (Fsp3) is 0. The summed E-state index contributed by atoms with van der Waals surface area (Å²) in [5.74, 6) is 0. The van der Waals surface area contributed by atoms with Crippen LogP contribution in [0.4, 0.5) is 5.69 Å². The van der Waals surface area contributed by atoms with Crippen molar-refractivity contribution < 1.29 is 0 Å². The molecule has 2 heterocycles. The Balaban J connectivity index is 2.29. The molecule has 2 aromatic rings. The SMILES string of the molecule is Nc1c(Cl)ncnc1Sc1nncs1. The summed E-state index contributed by atoms with van der Waals surface area (Å²) >= 11 is 8.47. The first kappa shape index (κ1) is 9.63. The number of nitrogens with two attached hydrogens (primary N) is 1. The van der Waals surface area contributed by atoms with E-state index in [1.807, 2.05) is 0 Å². The predicted octanol–water partition coefficient (Wildman–Crippen LogP) is 1.71. The molecule has 14 heavy (non-hydrogen) atoms. The molecule has 2 N–H and O–H groups in total. The molecule has 0 atom stereocenters. The van der Waals surface area contributed by atoms with Crippen LogP contribution < -0.4 is 5.73 Å². The average molecular weight is 246 g/mol. The van der Waals surface area contributed by atoms with E-state index in [2.05, 4.69) is 20.2 Å². The molecule has 5 nitrogen and oxygen atoms in total. The normalized spacial score (nSPS) is 10.4. The van der Waals surface area contributed by atoms with Crippen LogP contribution in [0.3, 0.4) is 0 Å². The van der Waals surface area contributed by atoms with Crippen molar-refractivity contribution in [2.45, 2.75) is 9.37 Å². The van der Waals surface area contributed by atoms with Crippen LogP contribution in [0.15, 0.2) is 21.2 Å².